The highest BCUT2D eigenvalue weighted by Gasteiger charge is 2.24. The Balaban J connectivity index is 1.90. The molecule has 4 rings (SSSR count). The van der Waals surface area contributed by atoms with Crippen LogP contribution in [0.1, 0.15) is 88.0 Å². The van der Waals surface area contributed by atoms with Gasteiger partial charge < -0.3 is 20.0 Å². The van der Waals surface area contributed by atoms with Gasteiger partial charge >= 0.3 is 5.97 Å². The van der Waals surface area contributed by atoms with Gasteiger partial charge in [0.1, 0.15) is 0 Å². The fraction of sp³-hybridized carbons (Fsp3) is 0.412. The highest BCUT2D eigenvalue weighted by atomic mass is 16.5. The predicted octanol–water partition coefficient (Wildman–Crippen LogP) is 4.39. The number of rotatable bonds is 9. The number of allylic oxidation sites excluding steroid dienone is 2. The third kappa shape index (κ3) is 5.62. The maximum absolute atomic E-state index is 12.4. The molecule has 2 aromatic heterocycles. The van der Waals surface area contributed by atoms with Crippen LogP contribution in [0.3, 0.4) is 0 Å². The molecule has 0 saturated heterocycles. The van der Waals surface area contributed by atoms with Crippen LogP contribution in [0.25, 0.3) is 18.2 Å². The number of nitrogens with zero attached hydrogens (tertiary/aromatic N) is 1. The van der Waals surface area contributed by atoms with Gasteiger partial charge in [0.05, 0.1) is 18.7 Å². The van der Waals surface area contributed by atoms with Gasteiger partial charge in [0.25, 0.3) is 11.8 Å². The van der Waals surface area contributed by atoms with Gasteiger partial charge in [-0.2, -0.15) is 0 Å². The molecule has 8 nitrogen and oxygen atoms in total. The molecule has 8 heteroatoms. The molecule has 2 amide bonds. The average molecular weight is 571 g/mol. The lowest BCUT2D eigenvalue weighted by Crippen LogP contribution is -2.20. The molecule has 1 unspecified atom stereocenters. The smallest absolute Gasteiger partial charge is 0.308 e. The summed E-state index contributed by atoms with van der Waals surface area (Å²) >= 11 is 0. The fourth-order valence-corrected chi connectivity index (χ4v) is 5.98. The standard InChI is InChI=1S/C34H42N4O4/c1-10-22-18(5)26(14-29-23(11-2)20(7)32(39)37-29)35-28(22)16-31-25(13-17(4)34(41)42-9)19(6)27(36-31)15-30-24(12-3)21(8)33(40)38-30/h14-17,35-36H,10-13H2,1-9H3,(H,37,39)/b27-15+,29-14-,31-16-. The number of aromatic amines is 2. The minimum Gasteiger partial charge on any atom is -0.469 e. The monoisotopic (exact) mass is 570 g/mol. The number of esters is 1. The second-order valence-electron chi connectivity index (χ2n) is 11.1. The van der Waals surface area contributed by atoms with E-state index in [1.165, 1.54) is 12.7 Å². The van der Waals surface area contributed by atoms with E-state index in [0.29, 0.717) is 24.1 Å². The van der Waals surface area contributed by atoms with Crippen molar-refractivity contribution in [3.05, 3.63) is 72.3 Å². The Labute approximate surface area is 247 Å². The van der Waals surface area contributed by atoms with E-state index in [2.05, 4.69) is 47.1 Å². The Morgan fingerprint density at radius 3 is 2.14 bits per heavy atom. The van der Waals surface area contributed by atoms with E-state index in [4.69, 9.17) is 4.74 Å². The van der Waals surface area contributed by atoms with Crippen LogP contribution >= 0.6 is 0 Å². The SMILES string of the molecule is CCC1=C(C)C(=O)N=C1/C=c1/[nH]/c(=C\c2[nH]c(/C=C3\NC(=O)C(C)=C3CC)c(C)c2CC)c(CC(C)C(=O)OC)c1C. The van der Waals surface area contributed by atoms with Crippen molar-refractivity contribution in [1.82, 2.24) is 15.3 Å². The van der Waals surface area contributed by atoms with Crippen molar-refractivity contribution in [3.63, 3.8) is 0 Å². The summed E-state index contributed by atoms with van der Waals surface area (Å²) < 4.78 is 5.02. The number of H-pyrrole nitrogens is 2. The largest absolute Gasteiger partial charge is 0.469 e. The number of amides is 2. The van der Waals surface area contributed by atoms with Gasteiger partial charge in [0.2, 0.25) is 0 Å². The van der Waals surface area contributed by atoms with Crippen LogP contribution in [0.2, 0.25) is 0 Å². The first-order chi connectivity index (χ1) is 19.9. The van der Waals surface area contributed by atoms with Crippen LogP contribution in [0.4, 0.5) is 0 Å². The van der Waals surface area contributed by atoms with E-state index in [1.807, 2.05) is 46.8 Å². The highest BCUT2D eigenvalue weighted by molar-refractivity contribution is 6.30. The van der Waals surface area contributed by atoms with Crippen molar-refractivity contribution < 1.29 is 19.1 Å². The zero-order chi connectivity index (χ0) is 30.9. The lowest BCUT2D eigenvalue weighted by molar-refractivity contribution is -0.144. The van der Waals surface area contributed by atoms with Crippen LogP contribution < -0.4 is 16.0 Å². The molecule has 4 heterocycles. The number of methoxy groups -OCH3 is 1. The van der Waals surface area contributed by atoms with Crippen LogP contribution in [0, 0.1) is 19.8 Å². The quantitative estimate of drug-likeness (QED) is 0.388. The normalized spacial score (nSPS) is 18.1. The molecule has 2 aliphatic rings. The molecular formula is C34H42N4O4. The Bertz CT molecular complexity index is 1720. The summed E-state index contributed by atoms with van der Waals surface area (Å²) in [6.45, 7) is 15.9. The number of carbonyl (C=O) groups excluding carboxylic acids is 3. The first-order valence-electron chi connectivity index (χ1n) is 14.7. The average Bonchev–Trinajstić information content (AvgIpc) is 3.61. The van der Waals surface area contributed by atoms with Crippen LogP contribution in [0.5, 0.6) is 0 Å². The van der Waals surface area contributed by atoms with Gasteiger partial charge in [-0.1, -0.05) is 27.7 Å². The molecule has 1 atom stereocenters. The van der Waals surface area contributed by atoms with Crippen molar-refractivity contribution in [2.75, 3.05) is 7.11 Å². The van der Waals surface area contributed by atoms with Crippen LogP contribution in [0.15, 0.2) is 33.0 Å². The van der Waals surface area contributed by atoms with Crippen molar-refractivity contribution >= 4 is 41.7 Å². The summed E-state index contributed by atoms with van der Waals surface area (Å²) in [4.78, 5) is 48.5. The fourth-order valence-electron chi connectivity index (χ4n) is 5.98. The summed E-state index contributed by atoms with van der Waals surface area (Å²) in [5.74, 6) is -0.852. The van der Waals surface area contributed by atoms with Gasteiger partial charge in [-0.3, -0.25) is 14.4 Å². The maximum atomic E-state index is 12.4. The van der Waals surface area contributed by atoms with E-state index in [0.717, 1.165) is 74.0 Å². The molecular weight excluding hydrogens is 528 g/mol. The zero-order valence-corrected chi connectivity index (χ0v) is 26.2. The Morgan fingerprint density at radius 2 is 1.52 bits per heavy atom. The van der Waals surface area contributed by atoms with Gasteiger partial charge in [-0.15, -0.1) is 0 Å². The third-order valence-electron chi connectivity index (χ3n) is 8.61. The van der Waals surface area contributed by atoms with Crippen molar-refractivity contribution in [2.24, 2.45) is 10.9 Å². The summed E-state index contributed by atoms with van der Waals surface area (Å²) in [6, 6.07) is 0. The maximum Gasteiger partial charge on any atom is 0.308 e. The van der Waals surface area contributed by atoms with Crippen molar-refractivity contribution in [1.29, 1.82) is 0 Å². The number of aromatic nitrogens is 2. The molecule has 0 spiro atoms. The summed E-state index contributed by atoms with van der Waals surface area (Å²) in [6.07, 6.45) is 8.84. The molecule has 0 saturated carbocycles. The lowest BCUT2D eigenvalue weighted by Gasteiger charge is -2.09. The number of ether oxygens (including phenoxy) is 1. The minimum absolute atomic E-state index is 0.0512. The van der Waals surface area contributed by atoms with Gasteiger partial charge in [-0.05, 0) is 105 Å². The summed E-state index contributed by atoms with van der Waals surface area (Å²) in [5.41, 5.74) is 11.1. The third-order valence-corrected chi connectivity index (χ3v) is 8.61. The topological polar surface area (TPSA) is 116 Å². The Kier molecular flexibility index (Phi) is 9.04. The molecule has 42 heavy (non-hydrogen) atoms. The minimum atomic E-state index is -0.340. The van der Waals surface area contributed by atoms with E-state index in [9.17, 15) is 14.4 Å². The van der Waals surface area contributed by atoms with E-state index < -0.39 is 0 Å². The predicted molar refractivity (Wildman–Crippen MR) is 167 cm³/mol. The highest BCUT2D eigenvalue weighted by Crippen LogP contribution is 2.28. The second kappa shape index (κ2) is 12.3. The molecule has 222 valence electrons. The first-order valence-corrected chi connectivity index (χ1v) is 14.7. The summed E-state index contributed by atoms with van der Waals surface area (Å²) in [7, 11) is 1.41. The molecule has 0 aliphatic carbocycles. The number of hydrogen-bond donors (Lipinski definition) is 3. The number of nitrogens with one attached hydrogen (secondary N) is 3. The van der Waals surface area contributed by atoms with E-state index in [1.54, 1.807) is 0 Å². The number of carbonyl (C=O) groups is 3. The van der Waals surface area contributed by atoms with Crippen molar-refractivity contribution in [2.45, 2.75) is 81.1 Å². The number of hydrogen-bond acceptors (Lipinski definition) is 4. The first kappa shape index (κ1) is 30.8. The van der Waals surface area contributed by atoms with Crippen LogP contribution in [-0.4, -0.2) is 40.6 Å². The van der Waals surface area contributed by atoms with Gasteiger partial charge in [-0.25, -0.2) is 4.99 Å². The molecule has 2 aromatic rings. The molecule has 3 N–H and O–H groups in total. The van der Waals surface area contributed by atoms with Crippen LogP contribution in [-0.2, 0) is 32.0 Å². The summed E-state index contributed by atoms with van der Waals surface area (Å²) in [5, 5.41) is 4.74. The molecule has 0 radical (unpaired) electrons. The van der Waals surface area contributed by atoms with Crippen molar-refractivity contribution in [3.8, 4) is 0 Å². The molecule has 0 fully saturated rings. The van der Waals surface area contributed by atoms with Gasteiger partial charge in [0.15, 0.2) is 0 Å². The molecule has 0 aromatic carbocycles. The van der Waals surface area contributed by atoms with Gasteiger partial charge in [0, 0.05) is 38.9 Å². The lowest BCUT2D eigenvalue weighted by atomic mass is 9.98. The molecule has 0 bridgehead atoms. The Morgan fingerprint density at radius 1 is 0.833 bits per heavy atom. The zero-order valence-electron chi connectivity index (χ0n) is 26.2. The van der Waals surface area contributed by atoms with E-state index in [-0.39, 0.29) is 23.7 Å². The number of aliphatic imine (C=N–C) groups is 1. The second-order valence-corrected chi connectivity index (χ2v) is 11.1. The Hall–Kier alpha value is -4.20. The van der Waals surface area contributed by atoms with E-state index >= 15 is 0 Å². The molecule has 2 aliphatic heterocycles.